The smallest absolute Gasteiger partial charge is 0.407 e. The molecule has 2 amide bonds. The molecular formula is C15H21Cl2N3O5. The van der Waals surface area contributed by atoms with Crippen molar-refractivity contribution in [1.29, 1.82) is 0 Å². The van der Waals surface area contributed by atoms with E-state index in [1.165, 1.54) is 12.1 Å². The van der Waals surface area contributed by atoms with Crippen LogP contribution in [0, 0.1) is 0 Å². The number of amides is 2. The highest BCUT2D eigenvalue weighted by atomic mass is 35.5. The van der Waals surface area contributed by atoms with Crippen LogP contribution in [0.5, 0.6) is 0 Å². The Bertz CT molecular complexity index is 647. The fourth-order valence-electron chi connectivity index (χ4n) is 1.76. The van der Waals surface area contributed by atoms with Gasteiger partial charge in [0.05, 0.1) is 27.3 Å². The lowest BCUT2D eigenvalue weighted by molar-refractivity contribution is -0.0643. The van der Waals surface area contributed by atoms with Crippen molar-refractivity contribution in [2.24, 2.45) is 0 Å². The number of anilines is 1. The molecule has 0 spiro atoms. The van der Waals surface area contributed by atoms with Gasteiger partial charge >= 0.3 is 6.09 Å². The second-order valence-corrected chi connectivity index (χ2v) is 6.99. The number of aliphatic hydroxyl groups excluding tert-OH is 1. The molecule has 1 aromatic rings. The highest BCUT2D eigenvalue weighted by Gasteiger charge is 2.25. The molecule has 1 atom stereocenters. The van der Waals surface area contributed by atoms with Crippen LogP contribution in [0.2, 0.25) is 10.0 Å². The highest BCUT2D eigenvalue weighted by molar-refractivity contribution is 6.41. The maximum absolute atomic E-state index is 12.3. The van der Waals surface area contributed by atoms with Gasteiger partial charge in [-0.3, -0.25) is 4.79 Å². The number of carbonyl (C=O) groups excluding carboxylic acids is 2. The van der Waals surface area contributed by atoms with E-state index in [1.807, 2.05) is 0 Å². The number of alkyl carbamates (subject to hydrolysis) is 1. The van der Waals surface area contributed by atoms with E-state index in [2.05, 4.69) is 10.6 Å². The van der Waals surface area contributed by atoms with Crippen LogP contribution in [0.15, 0.2) is 12.1 Å². The predicted octanol–water partition coefficient (Wildman–Crippen LogP) is 1.51. The molecule has 1 aromatic carbocycles. The fraction of sp³-hybridized carbons (Fsp3) is 0.467. The van der Waals surface area contributed by atoms with Gasteiger partial charge in [-0.05, 0) is 32.9 Å². The first-order valence-corrected chi connectivity index (χ1v) is 8.05. The Balaban J connectivity index is 2.81. The molecular weight excluding hydrogens is 373 g/mol. The van der Waals surface area contributed by atoms with Gasteiger partial charge in [-0.1, -0.05) is 23.2 Å². The van der Waals surface area contributed by atoms with Crippen LogP contribution < -0.4 is 16.4 Å². The molecule has 0 radical (unpaired) electrons. The van der Waals surface area contributed by atoms with Crippen molar-refractivity contribution in [2.75, 3.05) is 12.3 Å². The Kier molecular flexibility index (Phi) is 7.30. The van der Waals surface area contributed by atoms with E-state index in [9.17, 15) is 19.8 Å². The summed E-state index contributed by atoms with van der Waals surface area (Å²) in [7, 11) is 0. The van der Waals surface area contributed by atoms with Gasteiger partial charge in [-0.15, -0.1) is 0 Å². The van der Waals surface area contributed by atoms with Crippen molar-refractivity contribution in [3.05, 3.63) is 27.7 Å². The molecule has 1 rings (SSSR count). The van der Waals surface area contributed by atoms with E-state index in [-0.39, 0.29) is 27.8 Å². The Hall–Kier alpha value is -1.74. The van der Waals surface area contributed by atoms with Crippen molar-refractivity contribution >= 4 is 40.9 Å². The standard InChI is InChI=1S/C15H21Cl2N3O5/c1-15(2,3)25-14(24)19-6-9(13(22)23)20-12(21)10-7(16)4-5-8(18)11(10)17/h4-5,9,13,22-23H,6,18H2,1-3H3,(H,19,24)(H,20,21)/t9-/m0/s1. The zero-order chi connectivity index (χ0) is 19.4. The average Bonchev–Trinajstić information content (AvgIpc) is 2.45. The molecule has 0 saturated carbocycles. The first-order valence-electron chi connectivity index (χ1n) is 7.29. The lowest BCUT2D eigenvalue weighted by Gasteiger charge is -2.24. The Morgan fingerprint density at radius 1 is 1.28 bits per heavy atom. The summed E-state index contributed by atoms with van der Waals surface area (Å²) >= 11 is 11.9. The van der Waals surface area contributed by atoms with Gasteiger partial charge in [0.25, 0.3) is 5.91 Å². The minimum absolute atomic E-state index is 0.0444. The van der Waals surface area contributed by atoms with E-state index >= 15 is 0 Å². The van der Waals surface area contributed by atoms with Crippen LogP contribution in [0.4, 0.5) is 10.5 Å². The molecule has 8 nitrogen and oxygen atoms in total. The van der Waals surface area contributed by atoms with E-state index in [4.69, 9.17) is 33.7 Å². The minimum Gasteiger partial charge on any atom is -0.444 e. The number of benzene rings is 1. The zero-order valence-corrected chi connectivity index (χ0v) is 15.5. The summed E-state index contributed by atoms with van der Waals surface area (Å²) in [5.74, 6) is -0.772. The first kappa shape index (κ1) is 21.3. The van der Waals surface area contributed by atoms with Gasteiger partial charge in [0.15, 0.2) is 6.29 Å². The Morgan fingerprint density at radius 2 is 1.88 bits per heavy atom. The Morgan fingerprint density at radius 3 is 2.40 bits per heavy atom. The number of ether oxygens (including phenoxy) is 1. The monoisotopic (exact) mass is 393 g/mol. The number of hydrogen-bond acceptors (Lipinski definition) is 6. The van der Waals surface area contributed by atoms with Crippen LogP contribution in [0.25, 0.3) is 0 Å². The van der Waals surface area contributed by atoms with Crippen LogP contribution in [0.3, 0.4) is 0 Å². The minimum atomic E-state index is -1.95. The second-order valence-electron chi connectivity index (χ2n) is 6.20. The molecule has 0 aliphatic heterocycles. The number of carbonyl (C=O) groups is 2. The SMILES string of the molecule is CC(C)(C)OC(=O)NC[C@H](NC(=O)c1c(Cl)ccc(N)c1Cl)C(O)O. The van der Waals surface area contributed by atoms with Crippen LogP contribution in [-0.4, -0.2) is 46.7 Å². The van der Waals surface area contributed by atoms with E-state index < -0.39 is 29.9 Å². The number of nitrogens with one attached hydrogen (secondary N) is 2. The molecule has 0 aromatic heterocycles. The van der Waals surface area contributed by atoms with Crippen LogP contribution in [0.1, 0.15) is 31.1 Å². The molecule has 0 aliphatic rings. The third-order valence-electron chi connectivity index (χ3n) is 2.89. The van der Waals surface area contributed by atoms with Crippen molar-refractivity contribution in [3.8, 4) is 0 Å². The van der Waals surface area contributed by atoms with Crippen molar-refractivity contribution in [3.63, 3.8) is 0 Å². The maximum atomic E-state index is 12.3. The van der Waals surface area contributed by atoms with E-state index in [0.717, 1.165) is 0 Å². The van der Waals surface area contributed by atoms with Crippen molar-refractivity contribution in [1.82, 2.24) is 10.6 Å². The van der Waals surface area contributed by atoms with Gasteiger partial charge in [0.1, 0.15) is 5.60 Å². The third kappa shape index (κ3) is 6.58. The molecule has 25 heavy (non-hydrogen) atoms. The third-order valence-corrected chi connectivity index (χ3v) is 3.61. The number of halogens is 2. The van der Waals surface area contributed by atoms with Crippen LogP contribution in [-0.2, 0) is 4.74 Å². The number of hydrogen-bond donors (Lipinski definition) is 5. The number of nitrogen functional groups attached to an aromatic ring is 1. The first-order chi connectivity index (χ1) is 11.4. The maximum Gasteiger partial charge on any atom is 0.407 e. The molecule has 140 valence electrons. The van der Waals surface area contributed by atoms with Crippen LogP contribution >= 0.6 is 23.2 Å². The summed E-state index contributed by atoms with van der Waals surface area (Å²) in [6, 6.07) is 1.60. The molecule has 10 heteroatoms. The quantitative estimate of drug-likeness (QED) is 0.380. The summed E-state index contributed by atoms with van der Waals surface area (Å²) < 4.78 is 5.03. The lowest BCUT2D eigenvalue weighted by Crippen LogP contribution is -2.51. The van der Waals surface area contributed by atoms with E-state index in [1.54, 1.807) is 20.8 Å². The molecule has 0 bridgehead atoms. The predicted molar refractivity (Wildman–Crippen MR) is 94.6 cm³/mol. The molecule has 0 fully saturated rings. The molecule has 0 heterocycles. The second kappa shape index (κ2) is 8.57. The van der Waals surface area contributed by atoms with E-state index in [0.29, 0.717) is 0 Å². The average molecular weight is 394 g/mol. The summed E-state index contributed by atoms with van der Waals surface area (Å²) in [5, 5.41) is 23.5. The lowest BCUT2D eigenvalue weighted by atomic mass is 10.1. The number of rotatable bonds is 5. The number of nitrogens with two attached hydrogens (primary N) is 1. The van der Waals surface area contributed by atoms with Crippen molar-refractivity contribution < 1.29 is 24.5 Å². The molecule has 6 N–H and O–H groups in total. The molecule has 0 saturated heterocycles. The Labute approximate surface area is 155 Å². The van der Waals surface area contributed by atoms with Gasteiger partial charge in [0.2, 0.25) is 0 Å². The summed E-state index contributed by atoms with van der Waals surface area (Å²) in [6.07, 6.45) is -2.72. The topological polar surface area (TPSA) is 134 Å². The zero-order valence-electron chi connectivity index (χ0n) is 14.0. The molecule has 0 aliphatic carbocycles. The number of aliphatic hydroxyl groups is 2. The van der Waals surface area contributed by atoms with Gasteiger partial charge in [0, 0.05) is 6.54 Å². The molecule has 0 unspecified atom stereocenters. The van der Waals surface area contributed by atoms with Crippen molar-refractivity contribution in [2.45, 2.75) is 38.7 Å². The summed E-state index contributed by atoms with van der Waals surface area (Å²) in [5.41, 5.74) is 4.95. The highest BCUT2D eigenvalue weighted by Crippen LogP contribution is 2.29. The normalized spacial score (nSPS) is 12.6. The fourth-order valence-corrected chi connectivity index (χ4v) is 2.30. The summed E-state index contributed by atoms with van der Waals surface area (Å²) in [6.45, 7) is 4.74. The van der Waals surface area contributed by atoms with Gasteiger partial charge in [-0.25, -0.2) is 4.79 Å². The van der Waals surface area contributed by atoms with Gasteiger partial charge in [-0.2, -0.15) is 0 Å². The largest absolute Gasteiger partial charge is 0.444 e. The summed E-state index contributed by atoms with van der Waals surface area (Å²) in [4.78, 5) is 24.0. The van der Waals surface area contributed by atoms with Gasteiger partial charge < -0.3 is 31.3 Å².